The summed E-state index contributed by atoms with van der Waals surface area (Å²) < 4.78 is 5.52. The predicted molar refractivity (Wildman–Crippen MR) is 131 cm³/mol. The highest BCUT2D eigenvalue weighted by Gasteiger charge is 2.18. The quantitative estimate of drug-likeness (QED) is 0.343. The standard InChI is InChI=1S/C26H25N3O2S/c1-3-29(20-12-5-4-6-13-20)25(30)18-32-26-23(17-19-11-7-10-16-24(19)31-2)27-21-14-8-9-15-22(21)28-26/h4-16H,3,17-18H2,1-2H3. The summed E-state index contributed by atoms with van der Waals surface area (Å²) in [5, 5.41) is 0.770. The molecule has 0 bridgehead atoms. The van der Waals surface area contributed by atoms with Gasteiger partial charge in [0.1, 0.15) is 10.8 Å². The molecule has 1 amide bonds. The lowest BCUT2D eigenvalue weighted by Crippen LogP contribution is -2.32. The number of anilines is 1. The van der Waals surface area contributed by atoms with Gasteiger partial charge >= 0.3 is 0 Å². The third kappa shape index (κ3) is 4.92. The number of hydrogen-bond acceptors (Lipinski definition) is 5. The summed E-state index contributed by atoms with van der Waals surface area (Å²) in [7, 11) is 1.67. The van der Waals surface area contributed by atoms with Gasteiger partial charge in [0.15, 0.2) is 0 Å². The van der Waals surface area contributed by atoms with E-state index in [9.17, 15) is 4.79 Å². The number of aromatic nitrogens is 2. The Hall–Kier alpha value is -3.38. The Balaban J connectivity index is 1.62. The fraction of sp³-hybridized carbons (Fsp3) is 0.192. The summed E-state index contributed by atoms with van der Waals surface area (Å²) in [4.78, 5) is 24.5. The molecule has 0 aliphatic heterocycles. The highest BCUT2D eigenvalue weighted by atomic mass is 32.2. The van der Waals surface area contributed by atoms with Crippen LogP contribution in [0.5, 0.6) is 5.75 Å². The smallest absolute Gasteiger partial charge is 0.237 e. The summed E-state index contributed by atoms with van der Waals surface area (Å²) in [5.74, 6) is 1.15. The minimum Gasteiger partial charge on any atom is -0.496 e. The van der Waals surface area contributed by atoms with Crippen molar-refractivity contribution in [2.75, 3.05) is 24.3 Å². The van der Waals surface area contributed by atoms with Crippen molar-refractivity contribution in [3.05, 3.63) is 90.1 Å². The topological polar surface area (TPSA) is 55.3 Å². The van der Waals surface area contributed by atoms with E-state index in [2.05, 4.69) is 0 Å². The molecule has 0 saturated carbocycles. The zero-order chi connectivity index (χ0) is 22.3. The van der Waals surface area contributed by atoms with Crippen LogP contribution >= 0.6 is 11.8 Å². The first-order valence-corrected chi connectivity index (χ1v) is 11.5. The molecule has 0 aliphatic carbocycles. The molecular weight excluding hydrogens is 418 g/mol. The largest absolute Gasteiger partial charge is 0.496 e. The third-order valence-electron chi connectivity index (χ3n) is 5.17. The summed E-state index contributed by atoms with van der Waals surface area (Å²) in [6, 6.07) is 25.5. The molecule has 4 rings (SSSR count). The first-order valence-electron chi connectivity index (χ1n) is 10.6. The van der Waals surface area contributed by atoms with Gasteiger partial charge in [-0.25, -0.2) is 9.97 Å². The minimum atomic E-state index is 0.0434. The lowest BCUT2D eigenvalue weighted by molar-refractivity contribution is -0.116. The molecule has 4 aromatic rings. The Morgan fingerprint density at radius 2 is 1.56 bits per heavy atom. The Morgan fingerprint density at radius 1 is 0.906 bits per heavy atom. The van der Waals surface area contributed by atoms with E-state index in [1.807, 2.05) is 85.8 Å². The summed E-state index contributed by atoms with van der Waals surface area (Å²) in [6.07, 6.45) is 0.578. The molecule has 5 nitrogen and oxygen atoms in total. The number of fused-ring (bicyclic) bond motifs is 1. The van der Waals surface area contributed by atoms with Gasteiger partial charge in [0.05, 0.1) is 29.6 Å². The maximum Gasteiger partial charge on any atom is 0.237 e. The van der Waals surface area contributed by atoms with E-state index in [1.54, 1.807) is 12.0 Å². The summed E-state index contributed by atoms with van der Waals surface area (Å²) in [6.45, 7) is 2.60. The van der Waals surface area contributed by atoms with Crippen LogP contribution in [0.2, 0.25) is 0 Å². The highest BCUT2D eigenvalue weighted by Crippen LogP contribution is 2.28. The Kier molecular flexibility index (Phi) is 7.02. The molecule has 0 fully saturated rings. The molecule has 32 heavy (non-hydrogen) atoms. The van der Waals surface area contributed by atoms with Crippen molar-refractivity contribution in [1.29, 1.82) is 0 Å². The lowest BCUT2D eigenvalue weighted by atomic mass is 10.1. The monoisotopic (exact) mass is 443 g/mol. The van der Waals surface area contributed by atoms with Gasteiger partial charge in [-0.3, -0.25) is 4.79 Å². The number of carbonyl (C=O) groups is 1. The number of ether oxygens (including phenoxy) is 1. The van der Waals surface area contributed by atoms with E-state index < -0.39 is 0 Å². The zero-order valence-electron chi connectivity index (χ0n) is 18.2. The first kappa shape index (κ1) is 21.8. The van der Waals surface area contributed by atoms with E-state index in [-0.39, 0.29) is 11.7 Å². The highest BCUT2D eigenvalue weighted by molar-refractivity contribution is 8.00. The molecule has 0 spiro atoms. The van der Waals surface area contributed by atoms with Crippen LogP contribution in [0.1, 0.15) is 18.2 Å². The lowest BCUT2D eigenvalue weighted by Gasteiger charge is -2.21. The van der Waals surface area contributed by atoms with Gasteiger partial charge in [0, 0.05) is 24.2 Å². The van der Waals surface area contributed by atoms with Crippen LogP contribution in [0, 0.1) is 0 Å². The summed E-state index contributed by atoms with van der Waals surface area (Å²) >= 11 is 1.44. The Bertz CT molecular complexity index is 1210. The first-order chi connectivity index (χ1) is 15.7. The van der Waals surface area contributed by atoms with Gasteiger partial charge in [-0.05, 0) is 37.3 Å². The molecule has 6 heteroatoms. The van der Waals surface area contributed by atoms with E-state index in [0.29, 0.717) is 13.0 Å². The minimum absolute atomic E-state index is 0.0434. The summed E-state index contributed by atoms with van der Waals surface area (Å²) in [5.41, 5.74) is 4.44. The molecule has 0 saturated heterocycles. The van der Waals surface area contributed by atoms with Crippen molar-refractivity contribution in [3.63, 3.8) is 0 Å². The van der Waals surface area contributed by atoms with Gasteiger partial charge in [0.2, 0.25) is 5.91 Å². The van der Waals surface area contributed by atoms with Crippen molar-refractivity contribution in [1.82, 2.24) is 9.97 Å². The van der Waals surface area contributed by atoms with Crippen LogP contribution in [0.15, 0.2) is 83.9 Å². The molecule has 3 aromatic carbocycles. The van der Waals surface area contributed by atoms with Crippen LogP contribution in [0.3, 0.4) is 0 Å². The fourth-order valence-electron chi connectivity index (χ4n) is 3.60. The van der Waals surface area contributed by atoms with Crippen LogP contribution in [0.4, 0.5) is 5.69 Å². The average Bonchev–Trinajstić information content (AvgIpc) is 2.84. The maximum atomic E-state index is 13.0. The van der Waals surface area contributed by atoms with Gasteiger partial charge in [-0.2, -0.15) is 0 Å². The molecule has 162 valence electrons. The number of rotatable bonds is 8. The number of methoxy groups -OCH3 is 1. The number of para-hydroxylation sites is 4. The van der Waals surface area contributed by atoms with Crippen molar-refractivity contribution in [2.24, 2.45) is 0 Å². The van der Waals surface area contributed by atoms with Crippen molar-refractivity contribution in [3.8, 4) is 5.75 Å². The maximum absolute atomic E-state index is 13.0. The van der Waals surface area contributed by atoms with Crippen molar-refractivity contribution < 1.29 is 9.53 Å². The second-order valence-corrected chi connectivity index (χ2v) is 8.18. The van der Waals surface area contributed by atoms with Crippen molar-refractivity contribution in [2.45, 2.75) is 18.4 Å². The number of amides is 1. The second-order valence-electron chi connectivity index (χ2n) is 7.22. The van der Waals surface area contributed by atoms with Gasteiger partial charge < -0.3 is 9.64 Å². The van der Waals surface area contributed by atoms with E-state index in [1.165, 1.54) is 11.8 Å². The second kappa shape index (κ2) is 10.3. The number of nitrogens with zero attached hydrogens (tertiary/aromatic N) is 3. The van der Waals surface area contributed by atoms with Crippen LogP contribution in [-0.4, -0.2) is 35.3 Å². The average molecular weight is 444 g/mol. The number of benzene rings is 3. The molecule has 1 heterocycles. The van der Waals surface area contributed by atoms with Crippen LogP contribution < -0.4 is 9.64 Å². The molecule has 0 aliphatic rings. The van der Waals surface area contributed by atoms with E-state index >= 15 is 0 Å². The molecule has 0 radical (unpaired) electrons. The molecule has 0 N–H and O–H groups in total. The van der Waals surface area contributed by atoms with Gasteiger partial charge in [0.25, 0.3) is 0 Å². The normalized spacial score (nSPS) is 10.8. The number of hydrogen-bond donors (Lipinski definition) is 0. The predicted octanol–water partition coefficient (Wildman–Crippen LogP) is 5.37. The Labute approximate surface area is 192 Å². The SMILES string of the molecule is CCN(C(=O)CSc1nc2ccccc2nc1Cc1ccccc1OC)c1ccccc1. The third-order valence-corrected chi connectivity index (χ3v) is 6.17. The number of carbonyl (C=O) groups excluding carboxylic acids is 1. The fourth-order valence-corrected chi connectivity index (χ4v) is 4.46. The van der Waals surface area contributed by atoms with Crippen LogP contribution in [-0.2, 0) is 11.2 Å². The van der Waals surface area contributed by atoms with E-state index in [4.69, 9.17) is 14.7 Å². The molecule has 1 aromatic heterocycles. The van der Waals surface area contributed by atoms with Gasteiger partial charge in [-0.1, -0.05) is 60.3 Å². The zero-order valence-corrected chi connectivity index (χ0v) is 19.0. The van der Waals surface area contributed by atoms with E-state index in [0.717, 1.165) is 38.8 Å². The molecule has 0 unspecified atom stereocenters. The number of thioether (sulfide) groups is 1. The Morgan fingerprint density at radius 3 is 2.28 bits per heavy atom. The molecule has 0 atom stereocenters. The van der Waals surface area contributed by atoms with Crippen molar-refractivity contribution >= 4 is 34.4 Å². The van der Waals surface area contributed by atoms with Crippen LogP contribution in [0.25, 0.3) is 11.0 Å². The molecular formula is C26H25N3O2S. The van der Waals surface area contributed by atoms with Gasteiger partial charge in [-0.15, -0.1) is 0 Å².